The SMILES string of the molecule is CC(=O)Nc1cc(NCc2cccc(Br)c2)ccc1C. The Bertz CT molecular complexity index is 626. The molecule has 0 aliphatic rings. The fourth-order valence-corrected chi connectivity index (χ4v) is 2.35. The molecule has 0 saturated carbocycles. The summed E-state index contributed by atoms with van der Waals surface area (Å²) in [7, 11) is 0. The van der Waals surface area contributed by atoms with Crippen LogP contribution < -0.4 is 10.6 Å². The lowest BCUT2D eigenvalue weighted by atomic mass is 10.1. The quantitative estimate of drug-likeness (QED) is 0.874. The maximum atomic E-state index is 11.2. The van der Waals surface area contributed by atoms with Gasteiger partial charge in [-0.15, -0.1) is 0 Å². The van der Waals surface area contributed by atoms with Crippen LogP contribution in [-0.2, 0) is 11.3 Å². The van der Waals surface area contributed by atoms with Gasteiger partial charge in [0.15, 0.2) is 0 Å². The van der Waals surface area contributed by atoms with Crippen molar-refractivity contribution in [1.82, 2.24) is 0 Å². The Kier molecular flexibility index (Phi) is 4.79. The number of carbonyl (C=O) groups is 1. The van der Waals surface area contributed by atoms with E-state index in [2.05, 4.69) is 38.7 Å². The second kappa shape index (κ2) is 6.57. The van der Waals surface area contributed by atoms with Crippen LogP contribution in [0.5, 0.6) is 0 Å². The van der Waals surface area contributed by atoms with Gasteiger partial charge in [0.2, 0.25) is 5.91 Å². The molecule has 0 aliphatic heterocycles. The van der Waals surface area contributed by atoms with Crippen molar-refractivity contribution in [3.63, 3.8) is 0 Å². The molecule has 0 aliphatic carbocycles. The molecule has 2 N–H and O–H groups in total. The zero-order chi connectivity index (χ0) is 14.5. The Morgan fingerprint density at radius 2 is 2.00 bits per heavy atom. The first-order valence-corrected chi connectivity index (χ1v) is 7.20. The van der Waals surface area contributed by atoms with Crippen molar-refractivity contribution in [2.75, 3.05) is 10.6 Å². The molecule has 104 valence electrons. The van der Waals surface area contributed by atoms with Crippen LogP contribution >= 0.6 is 15.9 Å². The highest BCUT2D eigenvalue weighted by Crippen LogP contribution is 2.21. The van der Waals surface area contributed by atoms with E-state index in [9.17, 15) is 4.79 Å². The highest BCUT2D eigenvalue weighted by atomic mass is 79.9. The van der Waals surface area contributed by atoms with Gasteiger partial charge in [-0.3, -0.25) is 4.79 Å². The summed E-state index contributed by atoms with van der Waals surface area (Å²) < 4.78 is 1.07. The van der Waals surface area contributed by atoms with E-state index in [1.807, 2.05) is 37.3 Å². The minimum Gasteiger partial charge on any atom is -0.381 e. The van der Waals surface area contributed by atoms with Gasteiger partial charge in [-0.25, -0.2) is 0 Å². The molecule has 0 radical (unpaired) electrons. The molecular weight excluding hydrogens is 316 g/mol. The Morgan fingerprint density at radius 1 is 1.20 bits per heavy atom. The second-order valence-corrected chi connectivity index (χ2v) is 5.61. The van der Waals surface area contributed by atoms with Gasteiger partial charge in [-0.2, -0.15) is 0 Å². The van der Waals surface area contributed by atoms with Gasteiger partial charge in [0.1, 0.15) is 0 Å². The Morgan fingerprint density at radius 3 is 2.70 bits per heavy atom. The van der Waals surface area contributed by atoms with Crippen molar-refractivity contribution in [2.24, 2.45) is 0 Å². The standard InChI is InChI=1S/C16H17BrN2O/c1-11-6-7-15(9-16(11)19-12(2)20)18-10-13-4-3-5-14(17)8-13/h3-9,18H,10H2,1-2H3,(H,19,20). The number of rotatable bonds is 4. The van der Waals surface area contributed by atoms with Gasteiger partial charge >= 0.3 is 0 Å². The van der Waals surface area contributed by atoms with Crippen molar-refractivity contribution in [3.05, 3.63) is 58.1 Å². The van der Waals surface area contributed by atoms with Crippen molar-refractivity contribution in [1.29, 1.82) is 0 Å². The monoisotopic (exact) mass is 332 g/mol. The Labute approximate surface area is 127 Å². The number of aryl methyl sites for hydroxylation is 1. The summed E-state index contributed by atoms with van der Waals surface area (Å²) in [6.07, 6.45) is 0. The van der Waals surface area contributed by atoms with E-state index in [1.54, 1.807) is 0 Å². The number of benzene rings is 2. The highest BCUT2D eigenvalue weighted by Gasteiger charge is 2.02. The van der Waals surface area contributed by atoms with Crippen LogP contribution in [-0.4, -0.2) is 5.91 Å². The first-order valence-electron chi connectivity index (χ1n) is 6.41. The van der Waals surface area contributed by atoms with Crippen LogP contribution in [0.15, 0.2) is 46.9 Å². The molecule has 3 nitrogen and oxygen atoms in total. The Hall–Kier alpha value is -1.81. The van der Waals surface area contributed by atoms with Crippen molar-refractivity contribution in [2.45, 2.75) is 20.4 Å². The van der Waals surface area contributed by atoms with Crippen LogP contribution in [0.4, 0.5) is 11.4 Å². The smallest absolute Gasteiger partial charge is 0.221 e. The predicted molar refractivity (Wildman–Crippen MR) is 87.0 cm³/mol. The molecule has 2 aromatic carbocycles. The van der Waals surface area contributed by atoms with Crippen molar-refractivity contribution in [3.8, 4) is 0 Å². The molecule has 20 heavy (non-hydrogen) atoms. The molecule has 0 spiro atoms. The first-order chi connectivity index (χ1) is 9.54. The number of anilines is 2. The van der Waals surface area contributed by atoms with E-state index in [0.29, 0.717) is 0 Å². The fraction of sp³-hybridized carbons (Fsp3) is 0.188. The first kappa shape index (κ1) is 14.6. The molecule has 0 fully saturated rings. The van der Waals surface area contributed by atoms with Crippen LogP contribution in [0.25, 0.3) is 0 Å². The topological polar surface area (TPSA) is 41.1 Å². The number of hydrogen-bond acceptors (Lipinski definition) is 2. The summed E-state index contributed by atoms with van der Waals surface area (Å²) in [6.45, 7) is 4.23. The number of amides is 1. The molecule has 1 amide bonds. The summed E-state index contributed by atoms with van der Waals surface area (Å²) in [5, 5.41) is 6.19. The second-order valence-electron chi connectivity index (χ2n) is 4.69. The molecule has 0 atom stereocenters. The average Bonchev–Trinajstić information content (AvgIpc) is 2.39. The van der Waals surface area contributed by atoms with Gasteiger partial charge in [-0.05, 0) is 42.3 Å². The lowest BCUT2D eigenvalue weighted by Gasteiger charge is -2.11. The molecule has 4 heteroatoms. The van der Waals surface area contributed by atoms with Crippen molar-refractivity contribution >= 4 is 33.2 Å². The lowest BCUT2D eigenvalue weighted by Crippen LogP contribution is -2.08. The minimum atomic E-state index is -0.0581. The third-order valence-electron chi connectivity index (χ3n) is 2.93. The molecule has 0 unspecified atom stereocenters. The summed E-state index contributed by atoms with van der Waals surface area (Å²) in [5.74, 6) is -0.0581. The third-order valence-corrected chi connectivity index (χ3v) is 3.43. The number of halogens is 1. The summed E-state index contributed by atoms with van der Waals surface area (Å²) in [5.41, 5.74) is 4.07. The van der Waals surface area contributed by atoms with Crippen molar-refractivity contribution < 1.29 is 4.79 Å². The molecule has 0 aromatic heterocycles. The largest absolute Gasteiger partial charge is 0.381 e. The van der Waals surface area contributed by atoms with Gasteiger partial charge in [-0.1, -0.05) is 34.1 Å². The molecule has 2 rings (SSSR count). The number of hydrogen-bond donors (Lipinski definition) is 2. The van der Waals surface area contributed by atoms with E-state index >= 15 is 0 Å². The number of nitrogens with one attached hydrogen (secondary N) is 2. The third kappa shape index (κ3) is 4.10. The van der Waals surface area contributed by atoms with E-state index in [4.69, 9.17) is 0 Å². The van der Waals surface area contributed by atoms with Crippen LogP contribution in [0.1, 0.15) is 18.1 Å². The maximum Gasteiger partial charge on any atom is 0.221 e. The summed E-state index contributed by atoms with van der Waals surface area (Å²) in [6, 6.07) is 14.1. The summed E-state index contributed by atoms with van der Waals surface area (Å²) >= 11 is 3.46. The molecule has 0 bridgehead atoms. The average molecular weight is 333 g/mol. The summed E-state index contributed by atoms with van der Waals surface area (Å²) in [4.78, 5) is 11.2. The highest BCUT2D eigenvalue weighted by molar-refractivity contribution is 9.10. The maximum absolute atomic E-state index is 11.2. The normalized spacial score (nSPS) is 10.2. The van der Waals surface area contributed by atoms with Gasteiger partial charge in [0.25, 0.3) is 0 Å². The van der Waals surface area contributed by atoms with E-state index < -0.39 is 0 Å². The predicted octanol–water partition coefficient (Wildman–Crippen LogP) is 4.33. The van der Waals surface area contributed by atoms with E-state index in [-0.39, 0.29) is 5.91 Å². The molecule has 0 heterocycles. The fourth-order valence-electron chi connectivity index (χ4n) is 1.91. The van der Waals surface area contributed by atoms with E-state index in [1.165, 1.54) is 12.5 Å². The molecule has 0 saturated heterocycles. The van der Waals surface area contributed by atoms with Crippen LogP contribution in [0.3, 0.4) is 0 Å². The Balaban J connectivity index is 2.08. The lowest BCUT2D eigenvalue weighted by molar-refractivity contribution is -0.114. The molecular formula is C16H17BrN2O. The van der Waals surface area contributed by atoms with Gasteiger partial charge < -0.3 is 10.6 Å². The van der Waals surface area contributed by atoms with Crippen LogP contribution in [0, 0.1) is 6.92 Å². The van der Waals surface area contributed by atoms with Crippen LogP contribution in [0.2, 0.25) is 0 Å². The zero-order valence-electron chi connectivity index (χ0n) is 11.5. The number of carbonyl (C=O) groups excluding carboxylic acids is 1. The van der Waals surface area contributed by atoms with Gasteiger partial charge in [0, 0.05) is 29.3 Å². The zero-order valence-corrected chi connectivity index (χ0v) is 13.1. The van der Waals surface area contributed by atoms with Gasteiger partial charge in [0.05, 0.1) is 0 Å². The minimum absolute atomic E-state index is 0.0581. The molecule has 2 aromatic rings. The van der Waals surface area contributed by atoms with E-state index in [0.717, 1.165) is 28.0 Å².